The number of carbonyl (C=O) groups is 1. The number of unbranched alkanes of at least 4 members (excludes halogenated alkanes) is 10. The van der Waals surface area contributed by atoms with Gasteiger partial charge in [-0.3, -0.25) is 0 Å². The van der Waals surface area contributed by atoms with Gasteiger partial charge in [0.05, 0.1) is 13.2 Å². The Labute approximate surface area is 228 Å². The van der Waals surface area contributed by atoms with Gasteiger partial charge < -0.3 is 44.8 Å². The molecule has 226 valence electrons. The highest BCUT2D eigenvalue weighted by Crippen LogP contribution is 2.40. The van der Waals surface area contributed by atoms with Gasteiger partial charge in [0, 0.05) is 7.11 Å². The van der Waals surface area contributed by atoms with Gasteiger partial charge >= 0.3 is 5.97 Å². The smallest absolute Gasteiger partial charge is 0.337 e. The molecule has 10 nitrogen and oxygen atoms in total. The van der Waals surface area contributed by atoms with Crippen LogP contribution in [-0.4, -0.2) is 99.3 Å². The molecule has 1 fully saturated rings. The summed E-state index contributed by atoms with van der Waals surface area (Å²) in [6.07, 6.45) is 4.13. The molecule has 1 aliphatic heterocycles. The molecular weight excluding hydrogens is 496 g/mol. The summed E-state index contributed by atoms with van der Waals surface area (Å²) in [5, 5.41) is 61.9. The maximum atomic E-state index is 12.7. The quantitative estimate of drug-likeness (QED) is 0.0921. The van der Waals surface area contributed by atoms with Gasteiger partial charge in [-0.25, -0.2) is 4.79 Å². The second-order valence-corrected chi connectivity index (χ2v) is 10.7. The predicted molar refractivity (Wildman–Crippen MR) is 142 cm³/mol. The van der Waals surface area contributed by atoms with E-state index in [0.717, 1.165) is 57.8 Å². The van der Waals surface area contributed by atoms with Crippen molar-refractivity contribution in [2.75, 3.05) is 20.3 Å². The zero-order valence-corrected chi connectivity index (χ0v) is 23.7. The summed E-state index contributed by atoms with van der Waals surface area (Å²) in [5.41, 5.74) is -2.01. The summed E-state index contributed by atoms with van der Waals surface area (Å²) >= 11 is 0. The first-order chi connectivity index (χ1) is 18.2. The number of esters is 1. The number of hydrogen-bond donors (Lipinski definition) is 6. The summed E-state index contributed by atoms with van der Waals surface area (Å²) < 4.78 is 16.7. The lowest BCUT2D eigenvalue weighted by molar-refractivity contribution is -0.356. The van der Waals surface area contributed by atoms with Crippen molar-refractivity contribution in [2.45, 2.75) is 146 Å². The Morgan fingerprint density at radius 2 is 1.34 bits per heavy atom. The minimum absolute atomic E-state index is 0.385. The molecule has 0 bridgehead atoms. The van der Waals surface area contributed by atoms with Crippen LogP contribution in [0.15, 0.2) is 0 Å². The van der Waals surface area contributed by atoms with E-state index >= 15 is 0 Å². The molecule has 10 heteroatoms. The highest BCUT2D eigenvalue weighted by atomic mass is 16.7. The average Bonchev–Trinajstić information content (AvgIpc) is 2.93. The SMILES string of the molecule is CCCCCCCCCC(CCCCCCC)C(OC(=O)C(O)CO)C1(CO)O[C@H](OC)[C@@H](O)[C@H](O)[C@H]1O. The fourth-order valence-corrected chi connectivity index (χ4v) is 5.33. The number of aliphatic hydroxyl groups is 6. The van der Waals surface area contributed by atoms with E-state index in [9.17, 15) is 35.4 Å². The van der Waals surface area contributed by atoms with E-state index in [1.54, 1.807) is 0 Å². The Hall–Kier alpha value is -0.850. The number of ether oxygens (including phenoxy) is 3. The van der Waals surface area contributed by atoms with Crippen molar-refractivity contribution in [1.82, 2.24) is 0 Å². The van der Waals surface area contributed by atoms with Gasteiger partial charge in [0.1, 0.15) is 24.4 Å². The zero-order chi connectivity index (χ0) is 28.6. The van der Waals surface area contributed by atoms with Crippen molar-refractivity contribution >= 4 is 5.97 Å². The van der Waals surface area contributed by atoms with Crippen LogP contribution < -0.4 is 0 Å². The molecule has 0 aromatic rings. The second kappa shape index (κ2) is 19.3. The van der Waals surface area contributed by atoms with Gasteiger partial charge in [-0.05, 0) is 18.8 Å². The maximum Gasteiger partial charge on any atom is 0.337 e. The van der Waals surface area contributed by atoms with Gasteiger partial charge in [0.15, 0.2) is 18.0 Å². The molecule has 1 rings (SSSR count). The number of aliphatic hydroxyl groups excluding tert-OH is 6. The van der Waals surface area contributed by atoms with E-state index in [2.05, 4.69) is 13.8 Å². The molecule has 1 saturated heterocycles. The standard InChI is InChI=1S/C28H54O10/c1-4-6-8-10-11-13-15-17-20(16-14-12-9-7-5-2)25(37-26(35)21(31)18-29)28(19-30)24(34)22(32)23(33)27(36-3)38-28/h20-25,27,29-34H,4-19H2,1-3H3/t20?,21?,22-,23-,24+,25?,27-,28?/m0/s1. The number of hydrogen-bond acceptors (Lipinski definition) is 10. The third kappa shape index (κ3) is 10.3. The molecule has 6 N–H and O–H groups in total. The van der Waals surface area contributed by atoms with Gasteiger partial charge in [0.25, 0.3) is 0 Å². The molecule has 38 heavy (non-hydrogen) atoms. The van der Waals surface area contributed by atoms with E-state index in [-0.39, 0.29) is 5.92 Å². The molecule has 0 aliphatic carbocycles. The largest absolute Gasteiger partial charge is 0.457 e. The van der Waals surface area contributed by atoms with Crippen LogP contribution in [0.3, 0.4) is 0 Å². The summed E-state index contributed by atoms with van der Waals surface area (Å²) in [7, 11) is 1.25. The maximum absolute atomic E-state index is 12.7. The molecule has 1 heterocycles. The van der Waals surface area contributed by atoms with Gasteiger partial charge in [-0.1, -0.05) is 90.9 Å². The van der Waals surface area contributed by atoms with Crippen LogP contribution >= 0.6 is 0 Å². The van der Waals surface area contributed by atoms with E-state index in [1.165, 1.54) is 26.4 Å². The van der Waals surface area contributed by atoms with Crippen molar-refractivity contribution in [3.8, 4) is 0 Å². The van der Waals surface area contributed by atoms with E-state index in [0.29, 0.717) is 12.8 Å². The molecule has 0 saturated carbocycles. The number of rotatable bonds is 21. The molecule has 0 aromatic heterocycles. The van der Waals surface area contributed by atoms with Gasteiger partial charge in [-0.15, -0.1) is 0 Å². The molecule has 0 radical (unpaired) electrons. The van der Waals surface area contributed by atoms with Gasteiger partial charge in [-0.2, -0.15) is 0 Å². The van der Waals surface area contributed by atoms with Crippen molar-refractivity contribution < 1.29 is 49.6 Å². The van der Waals surface area contributed by atoms with Crippen molar-refractivity contribution in [3.63, 3.8) is 0 Å². The lowest BCUT2D eigenvalue weighted by Crippen LogP contribution is -2.72. The monoisotopic (exact) mass is 550 g/mol. The zero-order valence-electron chi connectivity index (χ0n) is 23.7. The van der Waals surface area contributed by atoms with E-state index in [4.69, 9.17) is 14.2 Å². The topological polar surface area (TPSA) is 166 Å². The molecule has 0 spiro atoms. The van der Waals surface area contributed by atoms with Crippen molar-refractivity contribution in [3.05, 3.63) is 0 Å². The summed E-state index contributed by atoms with van der Waals surface area (Å²) in [6, 6.07) is 0. The second-order valence-electron chi connectivity index (χ2n) is 10.7. The van der Waals surface area contributed by atoms with Crippen molar-refractivity contribution in [2.24, 2.45) is 5.92 Å². The van der Waals surface area contributed by atoms with Crippen LogP contribution in [0.4, 0.5) is 0 Å². The molecule has 8 atom stereocenters. The third-order valence-electron chi connectivity index (χ3n) is 7.72. The Bertz CT molecular complexity index is 618. The number of carbonyl (C=O) groups excluding carboxylic acids is 1. The Morgan fingerprint density at radius 3 is 1.79 bits per heavy atom. The number of methoxy groups -OCH3 is 1. The van der Waals surface area contributed by atoms with Crippen LogP contribution in [0.25, 0.3) is 0 Å². The lowest BCUT2D eigenvalue weighted by atomic mass is 9.74. The molecular formula is C28H54O10. The van der Waals surface area contributed by atoms with Crippen LogP contribution in [0.1, 0.15) is 104 Å². The first kappa shape index (κ1) is 35.2. The lowest BCUT2D eigenvalue weighted by Gasteiger charge is -2.52. The fraction of sp³-hybridized carbons (Fsp3) is 0.964. The third-order valence-corrected chi connectivity index (χ3v) is 7.72. The summed E-state index contributed by atoms with van der Waals surface area (Å²) in [4.78, 5) is 12.7. The Morgan fingerprint density at radius 1 is 0.842 bits per heavy atom. The Kier molecular flexibility index (Phi) is 17.8. The van der Waals surface area contributed by atoms with Crippen LogP contribution in [0.5, 0.6) is 0 Å². The predicted octanol–water partition coefficient (Wildman–Crippen LogP) is 2.19. The average molecular weight is 551 g/mol. The summed E-state index contributed by atoms with van der Waals surface area (Å²) in [6.45, 7) is 2.60. The van der Waals surface area contributed by atoms with E-state index in [1.807, 2.05) is 0 Å². The first-order valence-electron chi connectivity index (χ1n) is 14.6. The minimum Gasteiger partial charge on any atom is -0.457 e. The van der Waals surface area contributed by atoms with Crippen LogP contribution in [0.2, 0.25) is 0 Å². The highest BCUT2D eigenvalue weighted by molar-refractivity contribution is 5.74. The molecule has 4 unspecified atom stereocenters. The molecule has 0 aromatic carbocycles. The van der Waals surface area contributed by atoms with Crippen LogP contribution in [0, 0.1) is 5.92 Å². The Balaban J connectivity index is 3.26. The fourth-order valence-electron chi connectivity index (χ4n) is 5.33. The summed E-state index contributed by atoms with van der Waals surface area (Å²) in [5.74, 6) is -1.50. The first-order valence-corrected chi connectivity index (χ1v) is 14.6. The van der Waals surface area contributed by atoms with E-state index < -0.39 is 61.6 Å². The van der Waals surface area contributed by atoms with Crippen LogP contribution in [-0.2, 0) is 19.0 Å². The van der Waals surface area contributed by atoms with Gasteiger partial charge in [0.2, 0.25) is 0 Å². The minimum atomic E-state index is -2.01. The highest BCUT2D eigenvalue weighted by Gasteiger charge is 2.60. The normalized spacial score (nSPS) is 28.1. The van der Waals surface area contributed by atoms with Crippen molar-refractivity contribution in [1.29, 1.82) is 0 Å². The molecule has 1 aliphatic rings. The molecule has 0 amide bonds.